The van der Waals surface area contributed by atoms with Crippen molar-refractivity contribution < 1.29 is 22.3 Å². The Morgan fingerprint density at radius 1 is 1.30 bits per heavy atom. The number of fused-ring (bicyclic) bond motifs is 1. The number of aromatic amines is 1. The van der Waals surface area contributed by atoms with Crippen LogP contribution in [0.15, 0.2) is 29.2 Å². The summed E-state index contributed by atoms with van der Waals surface area (Å²) < 4.78 is 45.8. The van der Waals surface area contributed by atoms with Gasteiger partial charge >= 0.3 is 6.09 Å². The molecule has 2 N–H and O–H groups in total. The number of ether oxygens (including phenoxy) is 1. The average Bonchev–Trinajstić information content (AvgIpc) is 2.95. The molecule has 0 saturated heterocycles. The van der Waals surface area contributed by atoms with Crippen LogP contribution < -0.4 is 4.72 Å². The van der Waals surface area contributed by atoms with E-state index < -0.39 is 27.5 Å². The third-order valence-corrected chi connectivity index (χ3v) is 5.30. The molecule has 0 bridgehead atoms. The molecule has 1 aromatic heterocycles. The number of sulfonamides is 1. The lowest BCUT2D eigenvalue weighted by molar-refractivity contribution is 0.0224. The number of nitrogens with one attached hydrogen (secondary N) is 2. The summed E-state index contributed by atoms with van der Waals surface area (Å²) in [5, 5.41) is 6.83. The smallest absolute Gasteiger partial charge is 0.410 e. The van der Waals surface area contributed by atoms with Gasteiger partial charge in [0, 0.05) is 24.2 Å². The van der Waals surface area contributed by atoms with Crippen molar-refractivity contribution >= 4 is 21.9 Å². The Morgan fingerprint density at radius 2 is 1.96 bits per heavy atom. The lowest BCUT2D eigenvalue weighted by Gasteiger charge is -2.30. The fraction of sp³-hybridized carbons (Fsp3) is 0.412. The van der Waals surface area contributed by atoms with Crippen LogP contribution in [-0.2, 0) is 27.7 Å². The average molecular weight is 396 g/mol. The van der Waals surface area contributed by atoms with Crippen molar-refractivity contribution in [3.8, 4) is 0 Å². The van der Waals surface area contributed by atoms with Crippen molar-refractivity contribution in [1.29, 1.82) is 0 Å². The molecule has 0 saturated carbocycles. The van der Waals surface area contributed by atoms with Crippen LogP contribution in [-0.4, -0.2) is 41.8 Å². The number of rotatable bonds is 3. The minimum Gasteiger partial charge on any atom is -0.444 e. The molecular formula is C17H21FN4O4S. The molecule has 27 heavy (non-hydrogen) atoms. The number of H-pyrrole nitrogens is 1. The SMILES string of the molecule is CC(C)(C)OC(=O)N1CCc2[nH]nc(NS(=O)(=O)c3ccc(F)cc3)c2C1. The molecule has 0 aliphatic carbocycles. The zero-order valence-electron chi connectivity index (χ0n) is 15.2. The van der Waals surface area contributed by atoms with Crippen LogP contribution >= 0.6 is 0 Å². The number of carbonyl (C=O) groups is 1. The normalized spacial score (nSPS) is 14.6. The summed E-state index contributed by atoms with van der Waals surface area (Å²) in [5.74, 6) is -0.415. The van der Waals surface area contributed by atoms with E-state index in [2.05, 4.69) is 14.9 Å². The second kappa shape index (κ2) is 6.84. The van der Waals surface area contributed by atoms with Gasteiger partial charge in [-0.1, -0.05) is 0 Å². The van der Waals surface area contributed by atoms with Crippen molar-refractivity contribution in [3.05, 3.63) is 41.3 Å². The number of halogens is 1. The number of nitrogens with zero attached hydrogens (tertiary/aromatic N) is 2. The molecule has 0 atom stereocenters. The Labute approximate surface area is 156 Å². The highest BCUT2D eigenvalue weighted by atomic mass is 32.2. The number of hydrogen-bond donors (Lipinski definition) is 2. The van der Waals surface area contributed by atoms with Gasteiger partial charge in [0.15, 0.2) is 5.82 Å². The molecule has 10 heteroatoms. The third kappa shape index (κ3) is 4.38. The quantitative estimate of drug-likeness (QED) is 0.830. The number of carbonyl (C=O) groups excluding carboxylic acids is 1. The van der Waals surface area contributed by atoms with Crippen molar-refractivity contribution in [1.82, 2.24) is 15.1 Å². The highest BCUT2D eigenvalue weighted by molar-refractivity contribution is 7.92. The fourth-order valence-electron chi connectivity index (χ4n) is 2.66. The summed E-state index contributed by atoms with van der Waals surface area (Å²) in [5.41, 5.74) is 0.713. The van der Waals surface area contributed by atoms with E-state index in [1.54, 1.807) is 20.8 Å². The summed E-state index contributed by atoms with van der Waals surface area (Å²) >= 11 is 0. The van der Waals surface area contributed by atoms with Gasteiger partial charge in [0.2, 0.25) is 0 Å². The van der Waals surface area contributed by atoms with Crippen LogP contribution in [0.25, 0.3) is 0 Å². The molecule has 2 heterocycles. The first-order valence-electron chi connectivity index (χ1n) is 8.37. The highest BCUT2D eigenvalue weighted by Crippen LogP contribution is 2.27. The molecule has 2 aromatic rings. The maximum atomic E-state index is 13.0. The van der Waals surface area contributed by atoms with E-state index >= 15 is 0 Å². The molecule has 1 amide bonds. The Kier molecular flexibility index (Phi) is 4.85. The predicted molar refractivity (Wildman–Crippen MR) is 96.1 cm³/mol. The topological polar surface area (TPSA) is 104 Å². The zero-order valence-corrected chi connectivity index (χ0v) is 16.1. The zero-order chi connectivity index (χ0) is 19.8. The number of hydrogen-bond acceptors (Lipinski definition) is 5. The van der Waals surface area contributed by atoms with Gasteiger partial charge < -0.3 is 9.64 Å². The van der Waals surface area contributed by atoms with Gasteiger partial charge in [0.05, 0.1) is 11.4 Å². The molecule has 3 rings (SSSR count). The summed E-state index contributed by atoms with van der Waals surface area (Å²) in [4.78, 5) is 13.7. The Morgan fingerprint density at radius 3 is 2.59 bits per heavy atom. The van der Waals surface area contributed by atoms with E-state index in [4.69, 9.17) is 4.74 Å². The minimum atomic E-state index is -3.93. The lowest BCUT2D eigenvalue weighted by Crippen LogP contribution is -2.40. The molecule has 1 aliphatic rings. The minimum absolute atomic E-state index is 0.0829. The number of amides is 1. The highest BCUT2D eigenvalue weighted by Gasteiger charge is 2.30. The van der Waals surface area contributed by atoms with Crippen LogP contribution in [0.5, 0.6) is 0 Å². The standard InChI is InChI=1S/C17H21FN4O4S/c1-17(2,3)26-16(23)22-9-8-14-13(10-22)15(20-19-14)21-27(24,25)12-6-4-11(18)5-7-12/h4-7H,8-10H2,1-3H3,(H2,19,20,21). The first kappa shape index (κ1) is 19.2. The molecule has 0 fully saturated rings. The molecule has 0 unspecified atom stereocenters. The second-order valence-corrected chi connectivity index (χ2v) is 8.92. The summed E-state index contributed by atoms with van der Waals surface area (Å²) in [6.45, 7) is 5.94. The predicted octanol–water partition coefficient (Wildman–Crippen LogP) is 2.64. The molecule has 8 nitrogen and oxygen atoms in total. The van der Waals surface area contributed by atoms with Crippen molar-refractivity contribution in [3.63, 3.8) is 0 Å². The third-order valence-electron chi connectivity index (χ3n) is 3.94. The maximum absolute atomic E-state index is 13.0. The van der Waals surface area contributed by atoms with E-state index in [-0.39, 0.29) is 17.3 Å². The van der Waals surface area contributed by atoms with E-state index in [1.165, 1.54) is 17.0 Å². The largest absolute Gasteiger partial charge is 0.444 e. The second-order valence-electron chi connectivity index (χ2n) is 7.24. The van der Waals surface area contributed by atoms with E-state index in [1.807, 2.05) is 0 Å². The van der Waals surface area contributed by atoms with Crippen molar-refractivity contribution in [2.75, 3.05) is 11.3 Å². The Bertz CT molecular complexity index is 948. The maximum Gasteiger partial charge on any atom is 0.410 e. The van der Waals surface area contributed by atoms with Crippen molar-refractivity contribution in [2.24, 2.45) is 0 Å². The summed E-state index contributed by atoms with van der Waals surface area (Å²) in [7, 11) is -3.93. The summed E-state index contributed by atoms with van der Waals surface area (Å²) in [6, 6.07) is 4.48. The lowest BCUT2D eigenvalue weighted by atomic mass is 10.1. The Hall–Kier alpha value is -2.62. The fourth-order valence-corrected chi connectivity index (χ4v) is 3.70. The Balaban J connectivity index is 1.80. The molecule has 0 radical (unpaired) electrons. The van der Waals surface area contributed by atoms with Gasteiger partial charge in [-0.15, -0.1) is 0 Å². The van der Waals surface area contributed by atoms with E-state index in [9.17, 15) is 17.6 Å². The van der Waals surface area contributed by atoms with Gasteiger partial charge in [0.25, 0.3) is 10.0 Å². The van der Waals surface area contributed by atoms with E-state index in [0.29, 0.717) is 18.5 Å². The first-order valence-corrected chi connectivity index (χ1v) is 9.86. The van der Waals surface area contributed by atoms with Crippen LogP contribution in [0.3, 0.4) is 0 Å². The van der Waals surface area contributed by atoms with Gasteiger partial charge in [-0.25, -0.2) is 17.6 Å². The van der Waals surface area contributed by atoms with Crippen LogP contribution in [0.1, 0.15) is 32.0 Å². The molecule has 1 aromatic carbocycles. The first-order chi connectivity index (χ1) is 12.5. The number of benzene rings is 1. The molecule has 146 valence electrons. The molecule has 1 aliphatic heterocycles. The number of aromatic nitrogens is 2. The van der Waals surface area contributed by atoms with Crippen LogP contribution in [0.2, 0.25) is 0 Å². The van der Waals surface area contributed by atoms with Gasteiger partial charge in [-0.3, -0.25) is 9.82 Å². The summed E-state index contributed by atoms with van der Waals surface area (Å²) in [6.07, 6.45) is 0.0292. The van der Waals surface area contributed by atoms with E-state index in [0.717, 1.165) is 17.8 Å². The van der Waals surface area contributed by atoms with Gasteiger partial charge in [-0.05, 0) is 45.0 Å². The molecular weight excluding hydrogens is 375 g/mol. The van der Waals surface area contributed by atoms with Crippen LogP contribution in [0.4, 0.5) is 15.0 Å². The molecule has 0 spiro atoms. The van der Waals surface area contributed by atoms with Gasteiger partial charge in [-0.2, -0.15) is 5.10 Å². The van der Waals surface area contributed by atoms with Gasteiger partial charge in [0.1, 0.15) is 11.4 Å². The van der Waals surface area contributed by atoms with Crippen molar-refractivity contribution in [2.45, 2.75) is 44.2 Å². The number of anilines is 1. The monoisotopic (exact) mass is 396 g/mol. The van der Waals surface area contributed by atoms with Crippen LogP contribution in [0, 0.1) is 5.82 Å².